The Balaban J connectivity index is 1.48. The van der Waals surface area contributed by atoms with Gasteiger partial charge in [0.05, 0.1) is 27.2 Å². The highest BCUT2D eigenvalue weighted by atomic mass is 127. The maximum absolute atomic E-state index is 13.4. The SMILES string of the molecule is COc1cc(/C=C2/SC(=O)N(CC(=O)Nc3cccc(F)c3)C2=O)cc(I)c1OCc1ccccc1C#N. The van der Waals surface area contributed by atoms with E-state index in [9.17, 15) is 24.0 Å². The summed E-state index contributed by atoms with van der Waals surface area (Å²) in [6.45, 7) is -0.345. The number of amides is 3. The number of carbonyl (C=O) groups excluding carboxylic acids is 3. The van der Waals surface area contributed by atoms with Gasteiger partial charge in [-0.2, -0.15) is 5.26 Å². The van der Waals surface area contributed by atoms with Gasteiger partial charge < -0.3 is 14.8 Å². The van der Waals surface area contributed by atoms with Gasteiger partial charge in [-0.1, -0.05) is 24.3 Å². The Bertz CT molecular complexity index is 1500. The number of nitrogens with one attached hydrogen (secondary N) is 1. The Morgan fingerprint density at radius 2 is 1.97 bits per heavy atom. The molecule has 3 aromatic rings. The predicted molar refractivity (Wildman–Crippen MR) is 149 cm³/mol. The molecule has 11 heteroatoms. The van der Waals surface area contributed by atoms with Crippen molar-refractivity contribution in [2.45, 2.75) is 6.61 Å². The molecule has 38 heavy (non-hydrogen) atoms. The number of hydrogen-bond donors (Lipinski definition) is 1. The third-order valence-electron chi connectivity index (χ3n) is 5.34. The molecule has 0 aliphatic carbocycles. The molecule has 0 unspecified atom stereocenters. The topological polar surface area (TPSA) is 109 Å². The number of methoxy groups -OCH3 is 1. The fourth-order valence-corrected chi connectivity index (χ4v) is 5.19. The van der Waals surface area contributed by atoms with Crippen molar-refractivity contribution in [2.75, 3.05) is 19.0 Å². The molecule has 0 saturated carbocycles. The molecule has 1 aliphatic rings. The molecule has 3 aromatic carbocycles. The van der Waals surface area contributed by atoms with E-state index in [0.29, 0.717) is 38.0 Å². The van der Waals surface area contributed by atoms with Crippen LogP contribution < -0.4 is 14.8 Å². The van der Waals surface area contributed by atoms with E-state index in [1.807, 2.05) is 6.07 Å². The van der Waals surface area contributed by atoms with E-state index in [2.05, 4.69) is 34.0 Å². The van der Waals surface area contributed by atoms with E-state index < -0.39 is 29.4 Å². The maximum Gasteiger partial charge on any atom is 0.294 e. The van der Waals surface area contributed by atoms with Crippen molar-refractivity contribution in [1.29, 1.82) is 5.26 Å². The van der Waals surface area contributed by atoms with E-state index in [1.54, 1.807) is 30.3 Å². The van der Waals surface area contributed by atoms with Crippen molar-refractivity contribution >= 4 is 63.2 Å². The van der Waals surface area contributed by atoms with Crippen LogP contribution >= 0.6 is 34.4 Å². The number of nitriles is 1. The van der Waals surface area contributed by atoms with Gasteiger partial charge in [-0.15, -0.1) is 0 Å². The molecule has 1 fully saturated rings. The molecule has 1 N–H and O–H groups in total. The summed E-state index contributed by atoms with van der Waals surface area (Å²) in [4.78, 5) is 38.7. The number of nitrogens with zero attached hydrogens (tertiary/aromatic N) is 2. The molecule has 0 radical (unpaired) electrons. The number of benzene rings is 3. The molecular weight excluding hydrogens is 624 g/mol. The van der Waals surface area contributed by atoms with Crippen LogP contribution in [-0.4, -0.2) is 35.6 Å². The Labute approximate surface area is 235 Å². The zero-order valence-electron chi connectivity index (χ0n) is 19.9. The minimum absolute atomic E-state index is 0.142. The molecule has 3 amide bonds. The number of rotatable bonds is 8. The van der Waals surface area contributed by atoms with Crippen LogP contribution in [0.4, 0.5) is 14.9 Å². The number of ether oxygens (including phenoxy) is 2. The van der Waals surface area contributed by atoms with Crippen LogP contribution in [0.25, 0.3) is 6.08 Å². The summed E-state index contributed by atoms with van der Waals surface area (Å²) in [5, 5.41) is 11.2. The Morgan fingerprint density at radius 1 is 1.18 bits per heavy atom. The van der Waals surface area contributed by atoms with Gasteiger partial charge in [-0.3, -0.25) is 19.3 Å². The first kappa shape index (κ1) is 27.2. The smallest absolute Gasteiger partial charge is 0.294 e. The summed E-state index contributed by atoms with van der Waals surface area (Å²) < 4.78 is 25.5. The molecule has 1 saturated heterocycles. The average molecular weight is 643 g/mol. The Hall–Kier alpha value is -3.89. The zero-order valence-corrected chi connectivity index (χ0v) is 22.8. The highest BCUT2D eigenvalue weighted by Gasteiger charge is 2.36. The van der Waals surface area contributed by atoms with Gasteiger partial charge in [0, 0.05) is 11.3 Å². The van der Waals surface area contributed by atoms with Crippen molar-refractivity contribution in [3.8, 4) is 17.6 Å². The molecule has 0 spiro atoms. The minimum atomic E-state index is -0.630. The first-order valence-electron chi connectivity index (χ1n) is 11.1. The lowest BCUT2D eigenvalue weighted by Crippen LogP contribution is -2.36. The Kier molecular flexibility index (Phi) is 8.65. The summed E-state index contributed by atoms with van der Waals surface area (Å²) in [6.07, 6.45) is 1.54. The quantitative estimate of drug-likeness (QED) is 0.253. The van der Waals surface area contributed by atoms with Gasteiger partial charge in [0.15, 0.2) is 11.5 Å². The van der Waals surface area contributed by atoms with E-state index in [4.69, 9.17) is 9.47 Å². The highest BCUT2D eigenvalue weighted by molar-refractivity contribution is 14.1. The van der Waals surface area contributed by atoms with Crippen LogP contribution in [-0.2, 0) is 16.2 Å². The van der Waals surface area contributed by atoms with Crippen molar-refractivity contribution < 1.29 is 28.2 Å². The van der Waals surface area contributed by atoms with Crippen molar-refractivity contribution in [2.24, 2.45) is 0 Å². The second-order valence-corrected chi connectivity index (χ2v) is 10.1. The monoisotopic (exact) mass is 643 g/mol. The van der Waals surface area contributed by atoms with Gasteiger partial charge in [-0.25, -0.2) is 4.39 Å². The molecule has 0 aromatic heterocycles. The van der Waals surface area contributed by atoms with Gasteiger partial charge in [0.25, 0.3) is 11.1 Å². The van der Waals surface area contributed by atoms with Crippen molar-refractivity contribution in [3.05, 3.63) is 91.6 Å². The number of thioether (sulfide) groups is 1. The number of carbonyl (C=O) groups is 3. The van der Waals surface area contributed by atoms with Crippen LogP contribution in [0.2, 0.25) is 0 Å². The molecule has 8 nitrogen and oxygen atoms in total. The predicted octanol–water partition coefficient (Wildman–Crippen LogP) is 5.56. The van der Waals surface area contributed by atoms with Crippen LogP contribution in [0, 0.1) is 20.7 Å². The lowest BCUT2D eigenvalue weighted by Gasteiger charge is -2.14. The number of halogens is 2. The lowest BCUT2D eigenvalue weighted by atomic mass is 10.1. The van der Waals surface area contributed by atoms with Crippen molar-refractivity contribution in [3.63, 3.8) is 0 Å². The molecular formula is C27H19FIN3O5S. The summed E-state index contributed by atoms with van der Waals surface area (Å²) >= 11 is 2.79. The third kappa shape index (κ3) is 6.32. The number of imide groups is 1. The normalized spacial score (nSPS) is 13.9. The second kappa shape index (κ2) is 12.1. The molecule has 192 valence electrons. The fourth-order valence-electron chi connectivity index (χ4n) is 3.57. The minimum Gasteiger partial charge on any atom is -0.493 e. The highest BCUT2D eigenvalue weighted by Crippen LogP contribution is 2.37. The van der Waals surface area contributed by atoms with E-state index in [0.717, 1.165) is 16.5 Å². The average Bonchev–Trinajstić information content (AvgIpc) is 3.15. The number of anilines is 1. The molecule has 0 bridgehead atoms. The zero-order chi connectivity index (χ0) is 27.2. The summed E-state index contributed by atoms with van der Waals surface area (Å²) in [6, 6.07) is 18.0. The van der Waals surface area contributed by atoms with E-state index in [-0.39, 0.29) is 17.2 Å². The van der Waals surface area contributed by atoms with Gasteiger partial charge in [-0.05, 0) is 82.4 Å². The van der Waals surface area contributed by atoms with Gasteiger partial charge >= 0.3 is 0 Å². The van der Waals surface area contributed by atoms with Crippen molar-refractivity contribution in [1.82, 2.24) is 4.90 Å². The van der Waals surface area contributed by atoms with Gasteiger partial charge in [0.2, 0.25) is 5.91 Å². The van der Waals surface area contributed by atoms with E-state index >= 15 is 0 Å². The molecule has 1 aliphatic heterocycles. The molecule has 4 rings (SSSR count). The first-order valence-corrected chi connectivity index (χ1v) is 13.0. The standard InChI is InChI=1S/C27H19FIN3O5S/c1-36-22-10-16(9-21(29)25(22)37-15-18-6-3-2-5-17(18)13-30)11-23-26(34)32(27(35)38-23)14-24(33)31-20-8-4-7-19(28)12-20/h2-12H,14-15H2,1H3,(H,31,33)/b23-11+. The van der Waals surface area contributed by atoms with Crippen LogP contribution in [0.1, 0.15) is 16.7 Å². The van der Waals surface area contributed by atoms with Gasteiger partial charge in [0.1, 0.15) is 19.0 Å². The summed E-state index contributed by atoms with van der Waals surface area (Å²) in [7, 11) is 1.48. The molecule has 0 atom stereocenters. The summed E-state index contributed by atoms with van der Waals surface area (Å²) in [5.74, 6) is -0.886. The third-order valence-corrected chi connectivity index (χ3v) is 7.05. The first-order chi connectivity index (χ1) is 18.3. The van der Waals surface area contributed by atoms with E-state index in [1.165, 1.54) is 31.4 Å². The number of hydrogen-bond acceptors (Lipinski definition) is 7. The lowest BCUT2D eigenvalue weighted by molar-refractivity contribution is -0.127. The molecule has 1 heterocycles. The van der Waals surface area contributed by atoms with Crippen LogP contribution in [0.5, 0.6) is 11.5 Å². The maximum atomic E-state index is 13.4. The van der Waals surface area contributed by atoms with Crippen LogP contribution in [0.3, 0.4) is 0 Å². The fraction of sp³-hybridized carbons (Fsp3) is 0.111. The summed E-state index contributed by atoms with van der Waals surface area (Å²) in [5.41, 5.74) is 2.05. The van der Waals surface area contributed by atoms with Crippen LogP contribution in [0.15, 0.2) is 65.6 Å². The second-order valence-electron chi connectivity index (χ2n) is 7.92. The largest absolute Gasteiger partial charge is 0.493 e. The Morgan fingerprint density at radius 3 is 2.71 bits per heavy atom.